The first-order valence-electron chi connectivity index (χ1n) is 7.64. The Morgan fingerprint density at radius 3 is 1.86 bits per heavy atom. The van der Waals surface area contributed by atoms with Crippen LogP contribution in [0.4, 0.5) is 0 Å². The molecule has 2 aromatic carbocycles. The highest BCUT2D eigenvalue weighted by Crippen LogP contribution is 2.37. The summed E-state index contributed by atoms with van der Waals surface area (Å²) in [5.74, 6) is 0.899. The van der Waals surface area contributed by atoms with Crippen LogP contribution in [0.15, 0.2) is 54.6 Å². The van der Waals surface area contributed by atoms with Crippen LogP contribution in [0.2, 0.25) is 18.1 Å². The molecule has 0 atom stereocenters. The van der Waals surface area contributed by atoms with Crippen LogP contribution in [0.25, 0.3) is 0 Å². The van der Waals surface area contributed by atoms with Crippen molar-refractivity contribution in [2.45, 2.75) is 38.9 Å². The van der Waals surface area contributed by atoms with Gasteiger partial charge in [-0.05, 0) is 48.0 Å². The van der Waals surface area contributed by atoms with Gasteiger partial charge in [-0.2, -0.15) is 0 Å². The standard InChI is InChI=1S/C19H25NOSi/c1-19(2,3)22(4,5)21-17-13-11-16(12-14-17)18(20)15-9-7-6-8-10-15/h6-14,20H,1-5H3. The lowest BCUT2D eigenvalue weighted by atomic mass is 10.0. The van der Waals surface area contributed by atoms with Crippen LogP contribution in [0.1, 0.15) is 31.9 Å². The molecule has 1 N–H and O–H groups in total. The zero-order chi connectivity index (χ0) is 16.4. The highest BCUT2D eigenvalue weighted by molar-refractivity contribution is 6.74. The van der Waals surface area contributed by atoms with Gasteiger partial charge in [0.25, 0.3) is 0 Å². The maximum atomic E-state index is 8.29. The number of hydrogen-bond donors (Lipinski definition) is 1. The fourth-order valence-electron chi connectivity index (χ4n) is 1.91. The van der Waals surface area contributed by atoms with E-state index in [0.717, 1.165) is 16.9 Å². The minimum Gasteiger partial charge on any atom is -0.544 e. The largest absolute Gasteiger partial charge is 0.544 e. The average molecular weight is 312 g/mol. The molecule has 0 aliphatic rings. The lowest BCUT2D eigenvalue weighted by molar-refractivity contribution is 0.492. The molecule has 22 heavy (non-hydrogen) atoms. The second-order valence-corrected chi connectivity index (χ2v) is 11.9. The molecule has 2 aromatic rings. The Kier molecular flexibility index (Phi) is 4.57. The zero-order valence-electron chi connectivity index (χ0n) is 14.1. The number of rotatable bonds is 4. The van der Waals surface area contributed by atoms with Crippen LogP contribution in [0.3, 0.4) is 0 Å². The van der Waals surface area contributed by atoms with Crippen LogP contribution in [0, 0.1) is 5.41 Å². The Labute approximate surface area is 134 Å². The van der Waals surface area contributed by atoms with Gasteiger partial charge in [0.05, 0.1) is 5.71 Å². The van der Waals surface area contributed by atoms with Crippen molar-refractivity contribution in [2.24, 2.45) is 0 Å². The van der Waals surface area contributed by atoms with E-state index < -0.39 is 8.32 Å². The van der Waals surface area contributed by atoms with Gasteiger partial charge in [0.2, 0.25) is 8.32 Å². The van der Waals surface area contributed by atoms with E-state index >= 15 is 0 Å². The van der Waals surface area contributed by atoms with Crippen LogP contribution < -0.4 is 4.43 Å². The highest BCUT2D eigenvalue weighted by atomic mass is 28.4. The third kappa shape index (κ3) is 3.66. The molecule has 116 valence electrons. The smallest absolute Gasteiger partial charge is 0.250 e. The van der Waals surface area contributed by atoms with Gasteiger partial charge in [-0.1, -0.05) is 51.1 Å². The molecular weight excluding hydrogens is 286 g/mol. The fourth-order valence-corrected chi connectivity index (χ4v) is 2.94. The fraction of sp³-hybridized carbons (Fsp3) is 0.316. The quantitative estimate of drug-likeness (QED) is 0.588. The van der Waals surface area contributed by atoms with E-state index in [2.05, 4.69) is 33.9 Å². The average Bonchev–Trinajstić information content (AvgIpc) is 2.47. The predicted molar refractivity (Wildman–Crippen MR) is 96.6 cm³/mol. The third-order valence-electron chi connectivity index (χ3n) is 4.38. The number of hydrogen-bond acceptors (Lipinski definition) is 2. The normalized spacial score (nSPS) is 12.0. The van der Waals surface area contributed by atoms with Gasteiger partial charge in [0.15, 0.2) is 0 Å². The minimum atomic E-state index is -1.81. The molecule has 0 aromatic heterocycles. The van der Waals surface area contributed by atoms with E-state index in [1.54, 1.807) is 0 Å². The van der Waals surface area contributed by atoms with E-state index in [1.165, 1.54) is 0 Å². The lowest BCUT2D eigenvalue weighted by Gasteiger charge is -2.36. The molecule has 0 bridgehead atoms. The molecule has 2 nitrogen and oxygen atoms in total. The maximum Gasteiger partial charge on any atom is 0.250 e. The Hall–Kier alpha value is -1.87. The zero-order valence-corrected chi connectivity index (χ0v) is 15.1. The van der Waals surface area contributed by atoms with E-state index in [0.29, 0.717) is 5.71 Å². The van der Waals surface area contributed by atoms with Crippen LogP contribution in [-0.2, 0) is 0 Å². The Bertz CT molecular complexity index is 639. The van der Waals surface area contributed by atoms with E-state index in [9.17, 15) is 0 Å². The van der Waals surface area contributed by atoms with Crippen molar-refractivity contribution in [3.8, 4) is 5.75 Å². The predicted octanol–water partition coefficient (Wildman–Crippen LogP) is 5.49. The minimum absolute atomic E-state index is 0.183. The highest BCUT2D eigenvalue weighted by Gasteiger charge is 2.38. The van der Waals surface area contributed by atoms with Gasteiger partial charge < -0.3 is 4.43 Å². The number of nitrogens with one attached hydrogen (secondary N) is 1. The molecule has 0 saturated carbocycles. The molecule has 0 amide bonds. The van der Waals surface area contributed by atoms with Crippen molar-refractivity contribution < 1.29 is 4.43 Å². The summed E-state index contributed by atoms with van der Waals surface area (Å²) in [5, 5.41) is 8.47. The monoisotopic (exact) mass is 311 g/mol. The van der Waals surface area contributed by atoms with Gasteiger partial charge >= 0.3 is 0 Å². The van der Waals surface area contributed by atoms with Gasteiger partial charge in [0, 0.05) is 5.56 Å². The molecular formula is C19H25NOSi. The topological polar surface area (TPSA) is 33.1 Å². The van der Waals surface area contributed by atoms with Crippen molar-refractivity contribution in [3.05, 3.63) is 65.7 Å². The molecule has 0 saturated heterocycles. The Morgan fingerprint density at radius 2 is 1.36 bits per heavy atom. The molecule has 0 spiro atoms. The molecule has 3 heteroatoms. The molecule has 0 aliphatic heterocycles. The van der Waals surface area contributed by atoms with E-state index in [-0.39, 0.29) is 5.04 Å². The van der Waals surface area contributed by atoms with Crippen molar-refractivity contribution in [2.75, 3.05) is 0 Å². The summed E-state index contributed by atoms with van der Waals surface area (Å²) in [7, 11) is -1.81. The lowest BCUT2D eigenvalue weighted by Crippen LogP contribution is -2.43. The summed E-state index contributed by atoms with van der Waals surface area (Å²) in [6.45, 7) is 11.2. The SMILES string of the molecule is CC(C)(C)[Si](C)(C)Oc1ccc(C(=N)c2ccccc2)cc1. The number of benzene rings is 2. The Morgan fingerprint density at radius 1 is 0.864 bits per heavy atom. The van der Waals surface area contributed by atoms with Crippen molar-refractivity contribution in [1.82, 2.24) is 0 Å². The van der Waals surface area contributed by atoms with E-state index in [4.69, 9.17) is 9.84 Å². The molecule has 0 unspecified atom stereocenters. The van der Waals surface area contributed by atoms with Crippen LogP contribution >= 0.6 is 0 Å². The summed E-state index contributed by atoms with van der Waals surface area (Å²) in [4.78, 5) is 0. The van der Waals surface area contributed by atoms with Crippen molar-refractivity contribution in [3.63, 3.8) is 0 Å². The Balaban J connectivity index is 2.16. The first-order valence-corrected chi connectivity index (χ1v) is 10.5. The molecule has 0 heterocycles. The summed E-state index contributed by atoms with van der Waals surface area (Å²) >= 11 is 0. The molecule has 0 aliphatic carbocycles. The summed E-state index contributed by atoms with van der Waals surface area (Å²) in [6.07, 6.45) is 0. The van der Waals surface area contributed by atoms with Gasteiger partial charge in [0.1, 0.15) is 5.75 Å². The first-order chi connectivity index (χ1) is 10.2. The maximum absolute atomic E-state index is 8.29. The summed E-state index contributed by atoms with van der Waals surface area (Å²) in [5.41, 5.74) is 2.38. The van der Waals surface area contributed by atoms with E-state index in [1.807, 2.05) is 54.6 Å². The first kappa shape index (κ1) is 16.5. The van der Waals surface area contributed by atoms with Crippen LogP contribution in [-0.4, -0.2) is 14.0 Å². The molecule has 2 rings (SSSR count). The van der Waals surface area contributed by atoms with Crippen molar-refractivity contribution >= 4 is 14.0 Å². The summed E-state index contributed by atoms with van der Waals surface area (Å²) in [6, 6.07) is 17.7. The second kappa shape index (κ2) is 6.09. The molecule has 0 fully saturated rings. The van der Waals surface area contributed by atoms with Gasteiger partial charge in [-0.15, -0.1) is 0 Å². The van der Waals surface area contributed by atoms with Crippen LogP contribution in [0.5, 0.6) is 5.75 Å². The van der Waals surface area contributed by atoms with Gasteiger partial charge in [-0.25, -0.2) is 0 Å². The van der Waals surface area contributed by atoms with Crippen molar-refractivity contribution in [1.29, 1.82) is 5.41 Å². The second-order valence-electron chi connectivity index (χ2n) is 7.13. The third-order valence-corrected chi connectivity index (χ3v) is 8.74. The summed E-state index contributed by atoms with van der Waals surface area (Å²) < 4.78 is 6.28. The van der Waals surface area contributed by atoms with Gasteiger partial charge in [-0.3, -0.25) is 5.41 Å². The molecule has 0 radical (unpaired) electrons.